The Labute approximate surface area is 114 Å². The summed E-state index contributed by atoms with van der Waals surface area (Å²) in [5.41, 5.74) is 6.18. The van der Waals surface area contributed by atoms with E-state index in [0.29, 0.717) is 17.9 Å². The number of benzene rings is 1. The standard InChI is InChI=1S/C13H20N2O3S/c1-3-5-11(2)15-19(16,17)9-8-18-13-7-4-6-12(14)10-13/h3-4,6-7,10-11,15H,1,5,8-9,14H2,2H3. The molecule has 0 heterocycles. The van der Waals surface area contributed by atoms with Crippen LogP contribution in [0.15, 0.2) is 36.9 Å². The lowest BCUT2D eigenvalue weighted by atomic mass is 10.3. The van der Waals surface area contributed by atoms with Crippen LogP contribution >= 0.6 is 0 Å². The first-order chi connectivity index (χ1) is 8.93. The van der Waals surface area contributed by atoms with E-state index in [4.69, 9.17) is 10.5 Å². The molecular weight excluding hydrogens is 264 g/mol. The van der Waals surface area contributed by atoms with Gasteiger partial charge in [0.05, 0.1) is 5.75 Å². The van der Waals surface area contributed by atoms with Gasteiger partial charge in [-0.25, -0.2) is 13.1 Å². The van der Waals surface area contributed by atoms with Crippen molar-refractivity contribution in [2.24, 2.45) is 0 Å². The van der Waals surface area contributed by atoms with Gasteiger partial charge in [0, 0.05) is 17.8 Å². The van der Waals surface area contributed by atoms with Gasteiger partial charge in [-0.3, -0.25) is 0 Å². The molecule has 0 saturated carbocycles. The van der Waals surface area contributed by atoms with Crippen LogP contribution in [0.25, 0.3) is 0 Å². The molecule has 6 heteroatoms. The zero-order valence-electron chi connectivity index (χ0n) is 11.0. The average molecular weight is 284 g/mol. The van der Waals surface area contributed by atoms with E-state index in [1.54, 1.807) is 37.3 Å². The molecule has 1 rings (SSSR count). The summed E-state index contributed by atoms with van der Waals surface area (Å²) in [5.74, 6) is 0.470. The van der Waals surface area contributed by atoms with Gasteiger partial charge < -0.3 is 10.5 Å². The summed E-state index contributed by atoms with van der Waals surface area (Å²) in [6.45, 7) is 5.44. The Morgan fingerprint density at radius 3 is 2.89 bits per heavy atom. The molecule has 3 N–H and O–H groups in total. The summed E-state index contributed by atoms with van der Waals surface area (Å²) in [5, 5.41) is 0. The molecule has 1 unspecified atom stereocenters. The molecule has 0 aromatic heterocycles. The van der Waals surface area contributed by atoms with Crippen molar-refractivity contribution in [1.29, 1.82) is 0 Å². The van der Waals surface area contributed by atoms with Crippen molar-refractivity contribution in [2.75, 3.05) is 18.1 Å². The summed E-state index contributed by atoms with van der Waals surface area (Å²) < 4.78 is 31.3. The van der Waals surface area contributed by atoms with E-state index in [2.05, 4.69) is 11.3 Å². The van der Waals surface area contributed by atoms with E-state index >= 15 is 0 Å². The van der Waals surface area contributed by atoms with Gasteiger partial charge in [0.15, 0.2) is 0 Å². The third-order valence-corrected chi connectivity index (χ3v) is 3.85. The smallest absolute Gasteiger partial charge is 0.215 e. The highest BCUT2D eigenvalue weighted by atomic mass is 32.2. The number of anilines is 1. The van der Waals surface area contributed by atoms with E-state index in [-0.39, 0.29) is 18.4 Å². The fraction of sp³-hybridized carbons (Fsp3) is 0.385. The zero-order chi connectivity index (χ0) is 14.3. The molecule has 0 fully saturated rings. The van der Waals surface area contributed by atoms with Crippen molar-refractivity contribution in [3.63, 3.8) is 0 Å². The molecule has 0 aliphatic rings. The van der Waals surface area contributed by atoms with E-state index in [1.807, 2.05) is 0 Å². The highest BCUT2D eigenvalue weighted by Gasteiger charge is 2.13. The van der Waals surface area contributed by atoms with Crippen LogP contribution in [0.1, 0.15) is 13.3 Å². The summed E-state index contributed by atoms with van der Waals surface area (Å²) in [6, 6.07) is 6.72. The van der Waals surface area contributed by atoms with Gasteiger partial charge in [-0.2, -0.15) is 0 Å². The lowest BCUT2D eigenvalue weighted by Crippen LogP contribution is -2.35. The molecule has 5 nitrogen and oxygen atoms in total. The van der Waals surface area contributed by atoms with Crippen LogP contribution in [-0.2, 0) is 10.0 Å². The van der Waals surface area contributed by atoms with Crippen LogP contribution in [-0.4, -0.2) is 26.8 Å². The maximum absolute atomic E-state index is 11.7. The maximum Gasteiger partial charge on any atom is 0.215 e. The monoisotopic (exact) mass is 284 g/mol. The molecule has 1 atom stereocenters. The molecule has 0 spiro atoms. The summed E-state index contributed by atoms with van der Waals surface area (Å²) in [4.78, 5) is 0. The number of nitrogens with two attached hydrogens (primary N) is 1. The minimum Gasteiger partial charge on any atom is -0.492 e. The number of nitrogen functional groups attached to an aromatic ring is 1. The van der Waals surface area contributed by atoms with E-state index in [9.17, 15) is 8.42 Å². The van der Waals surface area contributed by atoms with Gasteiger partial charge in [0.1, 0.15) is 12.4 Å². The fourth-order valence-corrected chi connectivity index (χ4v) is 2.67. The van der Waals surface area contributed by atoms with Crippen molar-refractivity contribution in [3.8, 4) is 5.75 Å². The van der Waals surface area contributed by atoms with Crippen molar-refractivity contribution in [2.45, 2.75) is 19.4 Å². The third-order valence-electron chi connectivity index (χ3n) is 2.38. The van der Waals surface area contributed by atoms with Gasteiger partial charge in [-0.1, -0.05) is 12.1 Å². The van der Waals surface area contributed by atoms with Gasteiger partial charge >= 0.3 is 0 Å². The summed E-state index contributed by atoms with van der Waals surface area (Å²) in [6.07, 6.45) is 2.27. The van der Waals surface area contributed by atoms with E-state index in [0.717, 1.165) is 0 Å². The predicted octanol–water partition coefficient (Wildman–Crippen LogP) is 1.53. The highest BCUT2D eigenvalue weighted by molar-refractivity contribution is 7.89. The largest absolute Gasteiger partial charge is 0.492 e. The van der Waals surface area contributed by atoms with Gasteiger partial charge in [-0.05, 0) is 25.5 Å². The number of hydrogen-bond acceptors (Lipinski definition) is 4. The van der Waals surface area contributed by atoms with E-state index < -0.39 is 10.0 Å². The molecule has 106 valence electrons. The molecule has 0 aliphatic heterocycles. The van der Waals surface area contributed by atoms with Gasteiger partial charge in [0.25, 0.3) is 0 Å². The average Bonchev–Trinajstić information content (AvgIpc) is 2.28. The topological polar surface area (TPSA) is 81.4 Å². The molecule has 0 radical (unpaired) electrons. The number of sulfonamides is 1. The fourth-order valence-electron chi connectivity index (χ4n) is 1.54. The Morgan fingerprint density at radius 2 is 2.26 bits per heavy atom. The Morgan fingerprint density at radius 1 is 1.53 bits per heavy atom. The van der Waals surface area contributed by atoms with Crippen LogP contribution in [0.4, 0.5) is 5.69 Å². The second-order valence-electron chi connectivity index (χ2n) is 4.28. The Hall–Kier alpha value is -1.53. The minimum absolute atomic E-state index is 0.0829. The van der Waals surface area contributed by atoms with Crippen molar-refractivity contribution >= 4 is 15.7 Å². The highest BCUT2D eigenvalue weighted by Crippen LogP contribution is 2.14. The SMILES string of the molecule is C=CCC(C)NS(=O)(=O)CCOc1cccc(N)c1. The molecule has 0 bridgehead atoms. The number of nitrogens with one attached hydrogen (secondary N) is 1. The first-order valence-electron chi connectivity index (χ1n) is 6.02. The van der Waals surface area contributed by atoms with Crippen LogP contribution < -0.4 is 15.2 Å². The molecule has 1 aromatic carbocycles. The second kappa shape index (κ2) is 7.16. The van der Waals surface area contributed by atoms with Crippen molar-refractivity contribution < 1.29 is 13.2 Å². The molecule has 0 saturated heterocycles. The molecule has 1 aromatic rings. The Balaban J connectivity index is 2.41. The summed E-state index contributed by atoms with van der Waals surface area (Å²) in [7, 11) is -3.34. The lowest BCUT2D eigenvalue weighted by molar-refractivity contribution is 0.340. The third kappa shape index (κ3) is 6.26. The normalized spacial score (nSPS) is 12.9. The Bertz CT molecular complexity index is 514. The Kier molecular flexibility index (Phi) is 5.85. The van der Waals surface area contributed by atoms with Crippen LogP contribution in [0.3, 0.4) is 0 Å². The predicted molar refractivity (Wildman–Crippen MR) is 77.5 cm³/mol. The zero-order valence-corrected chi connectivity index (χ0v) is 11.8. The molecule has 19 heavy (non-hydrogen) atoms. The number of rotatable bonds is 8. The molecule has 0 aliphatic carbocycles. The quantitative estimate of drug-likeness (QED) is 0.560. The second-order valence-corrected chi connectivity index (χ2v) is 6.16. The number of ether oxygens (including phenoxy) is 1. The van der Waals surface area contributed by atoms with Crippen LogP contribution in [0.2, 0.25) is 0 Å². The van der Waals surface area contributed by atoms with Gasteiger partial charge in [-0.15, -0.1) is 6.58 Å². The first-order valence-corrected chi connectivity index (χ1v) is 7.67. The first kappa shape index (κ1) is 15.5. The van der Waals surface area contributed by atoms with E-state index in [1.165, 1.54) is 0 Å². The van der Waals surface area contributed by atoms with Crippen LogP contribution in [0.5, 0.6) is 5.75 Å². The maximum atomic E-state index is 11.7. The summed E-state index contributed by atoms with van der Waals surface area (Å²) >= 11 is 0. The number of hydrogen-bond donors (Lipinski definition) is 2. The minimum atomic E-state index is -3.34. The van der Waals surface area contributed by atoms with Crippen LogP contribution in [0, 0.1) is 0 Å². The lowest BCUT2D eigenvalue weighted by Gasteiger charge is -2.12. The van der Waals surface area contributed by atoms with Crippen molar-refractivity contribution in [1.82, 2.24) is 4.72 Å². The molecular formula is C13H20N2O3S. The molecule has 0 amide bonds. The van der Waals surface area contributed by atoms with Gasteiger partial charge in [0.2, 0.25) is 10.0 Å². The van der Waals surface area contributed by atoms with Crippen molar-refractivity contribution in [3.05, 3.63) is 36.9 Å².